The number of thioether (sulfide) groups is 3. The number of H-pyrrole nitrogens is 3. The molecule has 6 unspecified atom stereocenters. The molecule has 708 valence electrons. The predicted molar refractivity (Wildman–Crippen MR) is 483 cm³/mol. The molecule has 23 N–H and O–H groups in total. The maximum atomic E-state index is 13.6. The predicted octanol–water partition coefficient (Wildman–Crippen LogP) is -0.746. The number of ether oxygens (including phenoxy) is 3. The molecule has 57 nitrogen and oxygen atoms in total. The van der Waals surface area contributed by atoms with E-state index in [-0.39, 0.29) is 110 Å². The van der Waals surface area contributed by atoms with Gasteiger partial charge in [-0.2, -0.15) is 43.8 Å². The highest BCUT2D eigenvalue weighted by Gasteiger charge is 2.56. The third-order valence-electron chi connectivity index (χ3n) is 21.7. The van der Waals surface area contributed by atoms with E-state index in [1.807, 2.05) is 0 Å². The van der Waals surface area contributed by atoms with Crippen LogP contribution in [0.3, 0.4) is 0 Å². The Bertz CT molecular complexity index is 6370. The van der Waals surface area contributed by atoms with Crippen molar-refractivity contribution < 1.29 is 113 Å². The minimum atomic E-state index is -4.22. The Morgan fingerprint density at radius 3 is 0.992 bits per heavy atom. The van der Waals surface area contributed by atoms with Gasteiger partial charge in [-0.05, 0) is 77.2 Å². The van der Waals surface area contributed by atoms with Gasteiger partial charge in [0, 0.05) is 54.5 Å². The first-order chi connectivity index (χ1) is 62.7. The number of nitrogens with zero attached hydrogens (tertiary/aromatic N) is 21. The Hall–Kier alpha value is -6.54. The highest BCUT2D eigenvalue weighted by atomic mass is 32.7. The first kappa shape index (κ1) is 94.4. The van der Waals surface area contributed by atoms with Crippen molar-refractivity contribution in [3.05, 3.63) is 103 Å². The molecule has 0 radical (unpaired) electrons. The van der Waals surface area contributed by atoms with Gasteiger partial charge in [0.1, 0.15) is 70.2 Å². The van der Waals surface area contributed by atoms with Gasteiger partial charge in [-0.3, -0.25) is 47.4 Å². The van der Waals surface area contributed by atoms with Crippen molar-refractivity contribution in [2.24, 2.45) is 0 Å². The summed E-state index contributed by atoms with van der Waals surface area (Å²) in [6.07, 6.45) is -5.08. The van der Waals surface area contributed by atoms with Crippen LogP contribution >= 0.6 is 87.9 Å². The van der Waals surface area contributed by atoms with E-state index in [4.69, 9.17) is 162 Å². The van der Waals surface area contributed by atoms with Gasteiger partial charge >= 0.3 is 40.4 Å². The molecule has 0 spiro atoms. The number of fused-ring (bicyclic) bond motifs is 15. The summed E-state index contributed by atoms with van der Waals surface area (Å²) >= 11 is 34.0. The van der Waals surface area contributed by atoms with E-state index in [9.17, 15) is 58.7 Å². The number of aliphatic hydroxyl groups is 3. The normalized spacial score (nSPS) is 36.6. The number of nitrogen functional groups attached to an aromatic ring is 6. The molecule has 27 atom stereocenters. The summed E-state index contributed by atoms with van der Waals surface area (Å²) in [5.74, 6) is 0.551. The molecule has 9 aliphatic heterocycles. The summed E-state index contributed by atoms with van der Waals surface area (Å²) in [5.41, 5.74) is 36.2. The van der Waals surface area contributed by atoms with Gasteiger partial charge in [0.15, 0.2) is 50.4 Å². The zero-order valence-electron chi connectivity index (χ0n) is 66.3. The van der Waals surface area contributed by atoms with Gasteiger partial charge in [0.25, 0.3) is 16.7 Å². The lowest BCUT2D eigenvalue weighted by atomic mass is 10.1. The fraction of sp³-hybridized carbons (Fsp3) is 0.500. The number of hydrogen-bond acceptors (Lipinski definition) is 51. The molecular weight excluding hydrogens is 2050 g/mol. The van der Waals surface area contributed by atoms with Crippen LogP contribution in [0, 0.1) is 0 Å². The summed E-state index contributed by atoms with van der Waals surface area (Å²) in [6, 6.07) is 4.80. The van der Waals surface area contributed by atoms with Crippen molar-refractivity contribution in [3.8, 4) is 0 Å². The van der Waals surface area contributed by atoms with Crippen LogP contribution in [-0.4, -0.2) is 287 Å². The van der Waals surface area contributed by atoms with Crippen LogP contribution < -0.4 is 51.1 Å². The fourth-order valence-corrected chi connectivity index (χ4v) is 29.4. The van der Waals surface area contributed by atoms with E-state index in [0.29, 0.717) is 51.1 Å². The summed E-state index contributed by atoms with van der Waals surface area (Å²) < 4.78 is 109. The highest BCUT2D eigenvalue weighted by molar-refractivity contribution is 8.44. The molecule has 12 aromatic rings. The lowest BCUT2D eigenvalue weighted by Gasteiger charge is -2.27. The average Bonchev–Trinajstić information content (AvgIpc) is 1.61. The smallest absolute Gasteiger partial charge is 0.386 e. The third kappa shape index (κ3) is 19.1. The van der Waals surface area contributed by atoms with Gasteiger partial charge in [0.05, 0.1) is 129 Å². The Morgan fingerprint density at radius 1 is 0.402 bits per heavy atom. The fourth-order valence-electron chi connectivity index (χ4n) is 15.7. The zero-order valence-corrected chi connectivity index (χ0v) is 79.1. The number of nitrogens with two attached hydrogens (primary N) is 6. The molecule has 12 aromatic heterocycles. The maximum absolute atomic E-state index is 13.6. The molecule has 72 heteroatoms. The van der Waals surface area contributed by atoms with Crippen LogP contribution in [0.5, 0.6) is 0 Å². The van der Waals surface area contributed by atoms with Crippen molar-refractivity contribution in [1.82, 2.24) is 119 Å². The third-order valence-corrected chi connectivity index (χ3v) is 35.7. The number of rotatable bonds is 6. The van der Waals surface area contributed by atoms with Gasteiger partial charge in [-0.1, -0.05) is 27.9 Å². The van der Waals surface area contributed by atoms with Gasteiger partial charge in [-0.25, -0.2) is 33.6 Å². The van der Waals surface area contributed by atoms with E-state index in [1.165, 1.54) is 46.2 Å². The van der Waals surface area contributed by atoms with Crippen molar-refractivity contribution in [2.45, 2.75) is 143 Å². The number of nitrogens with one attached hydrogen (secondary N) is 3. The largest absolute Gasteiger partial charge is 0.389 e. The van der Waals surface area contributed by atoms with Crippen molar-refractivity contribution in [2.75, 3.05) is 74.0 Å². The van der Waals surface area contributed by atoms with Crippen molar-refractivity contribution in [1.29, 1.82) is 0 Å². The van der Waals surface area contributed by atoms with Crippen LogP contribution in [0.4, 0.5) is 35.3 Å². The van der Waals surface area contributed by atoms with E-state index in [1.54, 1.807) is 36.8 Å². The first-order valence-electron chi connectivity index (χ1n) is 38.6. The van der Waals surface area contributed by atoms with Gasteiger partial charge in [0.2, 0.25) is 17.8 Å². The molecule has 9 aliphatic rings. The second kappa shape index (κ2) is 36.7. The highest BCUT2D eigenvalue weighted by Crippen LogP contribution is 2.63. The SMILES string of the molecule is Nc1nc2c(nnn2[C@@H]2S[C@@H]3COP(O)(=S)O[C@H]4C[C@H](c5cnn6c(N)ccnc56)O[C@@H]4COP(=O)(S)O[C@@H]2[C@@H]3O)c(=O)[nH]1.Nc1nc2c(nnn2[C@@H]2S[C@@H]3COP(O)(=S)O[C@H]4C[C@H](c5cnn6c(N)ccnc56)O[C@@H]4COP(O)(=S)O[C@@H]2[C@@H]3O)c(=O)[nH]1.Nc1nc2c(nnn2[C@@H]2S[C@@H]3COP(O)(=S)O[C@H]4C[C@H](c5cnn6c(N)ccnc56)O[C@@H]4COP(O)(=S)O[C@@H]2[C@@H]3O)c(=O)[nH]1. The number of aromatic nitrogens is 24. The van der Waals surface area contributed by atoms with Crippen LogP contribution in [-0.2, 0) is 132 Å². The van der Waals surface area contributed by atoms with Crippen LogP contribution in [0.25, 0.3) is 50.4 Å². The molecule has 0 aromatic carbocycles. The second-order valence-corrected chi connectivity index (χ2v) is 51.1. The minimum absolute atomic E-state index is 0.00469. The van der Waals surface area contributed by atoms with Crippen LogP contribution in [0.2, 0.25) is 0 Å². The molecule has 9 saturated heterocycles. The molecular formula is C60H72N30O27P6S9. The summed E-state index contributed by atoms with van der Waals surface area (Å²) in [7, 11) is 0. The number of aromatic amines is 3. The average molecular weight is 2120 g/mol. The molecule has 9 fully saturated rings. The van der Waals surface area contributed by atoms with Crippen molar-refractivity contribution >= 4 is 233 Å². The summed E-state index contributed by atoms with van der Waals surface area (Å²) in [6.45, 7) is -26.0. The van der Waals surface area contributed by atoms with E-state index < -0.39 is 180 Å². The lowest BCUT2D eigenvalue weighted by Crippen LogP contribution is -2.35. The summed E-state index contributed by atoms with van der Waals surface area (Å²) in [5, 5.41) is 64.9. The summed E-state index contributed by atoms with van der Waals surface area (Å²) in [4.78, 5) is 125. The number of thiol groups is 1. The zero-order chi connectivity index (χ0) is 92.9. The quantitative estimate of drug-likeness (QED) is 0.0720. The molecule has 6 bridgehead atoms. The van der Waals surface area contributed by atoms with E-state index in [0.717, 1.165) is 35.3 Å². The maximum Gasteiger partial charge on any atom is 0.386 e. The molecule has 21 rings (SSSR count). The Kier molecular flexibility index (Phi) is 26.2. The first-order valence-corrected chi connectivity index (χ1v) is 57.1. The topological polar surface area (TPSA) is 793 Å². The standard InChI is InChI=1S/3C20H24N10O9P2S3/c3*21-12-1-2-23-16-7(4-24-29(12)16)8-3-9-10(37-8)5-35-41(34,43)39-15-14(31)11(6-36-40(33,42)38-9)44-19(15)30-17-13(27-28-30)18(32)26-20(22)25-17/h3*1-2,4,8-11,14-15,19,31H,3,5-6,21H2,(H,33,42)(H,34,43)(H3,22,25,26,32)/t3*8-,9+,10-,11-,14-,15-,19-,40?,41?/m111/s1. The minimum Gasteiger partial charge on any atom is -0.389 e. The molecule has 0 amide bonds. The molecule has 21 heterocycles. The number of hydrogen-bond donors (Lipinski definition) is 18. The second-order valence-electron chi connectivity index (χ2n) is 30.2. The lowest BCUT2D eigenvalue weighted by molar-refractivity contribution is -0.0227. The number of anilines is 6. The molecule has 132 heavy (non-hydrogen) atoms. The van der Waals surface area contributed by atoms with Crippen LogP contribution in [0.15, 0.2) is 69.8 Å². The van der Waals surface area contributed by atoms with Gasteiger partial charge in [-0.15, -0.1) is 50.6 Å². The Labute approximate surface area is 778 Å². The number of aliphatic hydroxyl groups excluding tert-OH is 3. The van der Waals surface area contributed by atoms with E-state index >= 15 is 0 Å². The van der Waals surface area contributed by atoms with Crippen molar-refractivity contribution in [3.63, 3.8) is 0 Å². The molecule has 0 saturated carbocycles. The Morgan fingerprint density at radius 2 is 0.682 bits per heavy atom. The monoisotopic (exact) mass is 2120 g/mol. The Balaban J connectivity index is 0.000000128. The van der Waals surface area contributed by atoms with Gasteiger partial charge < -0.3 is 125 Å². The van der Waals surface area contributed by atoms with E-state index in [2.05, 4.69) is 103 Å². The van der Waals surface area contributed by atoms with Crippen LogP contribution in [0.1, 0.15) is 70.4 Å². The molecule has 0 aliphatic carbocycles.